The maximum absolute atomic E-state index is 13.8. The summed E-state index contributed by atoms with van der Waals surface area (Å²) in [6.07, 6.45) is 8.80. The molecular formula is C33H49BrN4O4S. The Kier molecular flexibility index (Phi) is 14.1. The van der Waals surface area contributed by atoms with E-state index in [0.29, 0.717) is 13.0 Å². The third kappa shape index (κ3) is 11.0. The lowest BCUT2D eigenvalue weighted by Crippen LogP contribution is -2.57. The van der Waals surface area contributed by atoms with Gasteiger partial charge in [-0.05, 0) is 36.3 Å². The Morgan fingerprint density at radius 2 is 1.67 bits per heavy atom. The van der Waals surface area contributed by atoms with E-state index in [2.05, 4.69) is 31.5 Å². The summed E-state index contributed by atoms with van der Waals surface area (Å²) in [7, 11) is 0. The predicted octanol–water partition coefficient (Wildman–Crippen LogP) is 6.13. The van der Waals surface area contributed by atoms with E-state index in [1.165, 1.54) is 37.0 Å². The van der Waals surface area contributed by atoms with Gasteiger partial charge in [0.2, 0.25) is 17.7 Å². The number of β-amino-alcohol motifs (C(OH)–C–C–N with tert-alkyl or cyclic N) is 1. The molecule has 0 radical (unpaired) electrons. The SMILES string of the molecule is Cc1ncsc1-c1ccc(CNC(=O)[C@@H]2C[C@@H](O)CN2C(=O)[C@@H](NC(=O)CCCCCCCCCCBr)C(C)(C)C)cc1. The van der Waals surface area contributed by atoms with Crippen LogP contribution in [0.3, 0.4) is 0 Å². The van der Waals surface area contributed by atoms with E-state index < -0.39 is 23.6 Å². The van der Waals surface area contributed by atoms with Crippen molar-refractivity contribution in [2.45, 2.75) is 117 Å². The number of rotatable bonds is 16. The fourth-order valence-corrected chi connectivity index (χ4v) is 6.66. The van der Waals surface area contributed by atoms with Crippen LogP contribution in [-0.4, -0.2) is 62.8 Å². The molecule has 0 saturated carbocycles. The van der Waals surface area contributed by atoms with Gasteiger partial charge in [-0.3, -0.25) is 14.4 Å². The summed E-state index contributed by atoms with van der Waals surface area (Å²) in [6, 6.07) is 6.38. The van der Waals surface area contributed by atoms with Crippen molar-refractivity contribution in [1.29, 1.82) is 0 Å². The highest BCUT2D eigenvalue weighted by Gasteiger charge is 2.44. The molecule has 238 valence electrons. The van der Waals surface area contributed by atoms with E-state index in [1.807, 2.05) is 57.5 Å². The number of aliphatic hydroxyl groups is 1. The van der Waals surface area contributed by atoms with Crippen molar-refractivity contribution in [1.82, 2.24) is 20.5 Å². The zero-order chi connectivity index (χ0) is 31.4. The zero-order valence-corrected chi connectivity index (χ0v) is 28.6. The summed E-state index contributed by atoms with van der Waals surface area (Å²) in [5.41, 5.74) is 4.27. The second-order valence-electron chi connectivity index (χ2n) is 12.7. The second-order valence-corrected chi connectivity index (χ2v) is 14.4. The number of carbonyl (C=O) groups is 3. The molecule has 3 rings (SSSR count). The van der Waals surface area contributed by atoms with E-state index in [4.69, 9.17) is 0 Å². The number of nitrogens with zero attached hydrogens (tertiary/aromatic N) is 2. The summed E-state index contributed by atoms with van der Waals surface area (Å²) in [6.45, 7) is 8.08. The molecule has 0 spiro atoms. The van der Waals surface area contributed by atoms with Gasteiger partial charge in [-0.25, -0.2) is 4.98 Å². The summed E-state index contributed by atoms with van der Waals surface area (Å²) in [5, 5.41) is 17.4. The predicted molar refractivity (Wildman–Crippen MR) is 177 cm³/mol. The molecule has 3 N–H and O–H groups in total. The number of aryl methyl sites for hydroxylation is 1. The number of thiazole rings is 1. The second kappa shape index (κ2) is 17.3. The van der Waals surface area contributed by atoms with E-state index >= 15 is 0 Å². The van der Waals surface area contributed by atoms with Gasteiger partial charge in [-0.2, -0.15) is 0 Å². The van der Waals surface area contributed by atoms with Gasteiger partial charge in [0.1, 0.15) is 12.1 Å². The van der Waals surface area contributed by atoms with Gasteiger partial charge in [-0.1, -0.05) is 99.5 Å². The quantitative estimate of drug-likeness (QED) is 0.146. The smallest absolute Gasteiger partial charge is 0.246 e. The molecule has 2 heterocycles. The van der Waals surface area contributed by atoms with Crippen molar-refractivity contribution in [3.63, 3.8) is 0 Å². The van der Waals surface area contributed by atoms with Crippen molar-refractivity contribution >= 4 is 45.0 Å². The highest BCUT2D eigenvalue weighted by molar-refractivity contribution is 9.09. The maximum atomic E-state index is 13.8. The van der Waals surface area contributed by atoms with Gasteiger partial charge in [0, 0.05) is 31.3 Å². The van der Waals surface area contributed by atoms with E-state index in [-0.39, 0.29) is 30.7 Å². The first-order valence-electron chi connectivity index (χ1n) is 15.6. The molecule has 1 aliphatic heterocycles. The van der Waals surface area contributed by atoms with E-state index in [1.54, 1.807) is 11.3 Å². The maximum Gasteiger partial charge on any atom is 0.246 e. The number of nitrogens with one attached hydrogen (secondary N) is 2. The van der Waals surface area contributed by atoms with Gasteiger partial charge < -0.3 is 20.6 Å². The Bertz CT molecular complexity index is 1180. The van der Waals surface area contributed by atoms with Crippen LogP contribution in [0.1, 0.15) is 96.2 Å². The van der Waals surface area contributed by atoms with Gasteiger partial charge in [0.05, 0.1) is 22.2 Å². The molecule has 1 fully saturated rings. The lowest BCUT2D eigenvalue weighted by atomic mass is 9.85. The van der Waals surface area contributed by atoms with Crippen molar-refractivity contribution in [3.05, 3.63) is 41.0 Å². The van der Waals surface area contributed by atoms with E-state index in [0.717, 1.165) is 46.3 Å². The third-order valence-electron chi connectivity index (χ3n) is 8.00. The van der Waals surface area contributed by atoms with Crippen LogP contribution < -0.4 is 10.6 Å². The van der Waals surface area contributed by atoms with Crippen LogP contribution in [0.25, 0.3) is 10.4 Å². The molecule has 8 nitrogen and oxygen atoms in total. The zero-order valence-electron chi connectivity index (χ0n) is 26.2. The number of unbranched alkanes of at least 4 members (excludes halogenated alkanes) is 7. The normalized spacial score (nSPS) is 17.6. The number of aliphatic hydroxyl groups excluding tert-OH is 1. The fraction of sp³-hybridized carbons (Fsp3) is 0.636. The fourth-order valence-electron chi connectivity index (χ4n) is 5.45. The van der Waals surface area contributed by atoms with Crippen LogP contribution in [0.2, 0.25) is 0 Å². The lowest BCUT2D eigenvalue weighted by molar-refractivity contribution is -0.144. The van der Waals surface area contributed by atoms with Crippen LogP contribution in [0.5, 0.6) is 0 Å². The largest absolute Gasteiger partial charge is 0.391 e. The summed E-state index contributed by atoms with van der Waals surface area (Å²) >= 11 is 5.06. The number of amides is 3. The summed E-state index contributed by atoms with van der Waals surface area (Å²) in [5.74, 6) is -0.785. The first kappa shape index (κ1) is 35.2. The number of hydrogen-bond acceptors (Lipinski definition) is 6. The Morgan fingerprint density at radius 3 is 2.26 bits per heavy atom. The molecule has 0 unspecified atom stereocenters. The average molecular weight is 678 g/mol. The molecule has 3 amide bonds. The number of benzene rings is 1. The molecule has 1 aliphatic rings. The molecule has 43 heavy (non-hydrogen) atoms. The van der Waals surface area contributed by atoms with Crippen LogP contribution >= 0.6 is 27.3 Å². The third-order valence-corrected chi connectivity index (χ3v) is 9.54. The standard InChI is InChI=1S/C33H49BrN4O4S/c1-23-29(43-22-36-23)25-16-14-24(15-17-25)20-35-31(41)27-19-26(39)21-38(27)32(42)30(33(2,3)4)37-28(40)13-11-9-7-5-6-8-10-12-18-34/h14-17,22,26-27,30,39H,5-13,18-21H2,1-4H3,(H,35,41)(H,37,40)/t26-,27+,30-/m1/s1. The Balaban J connectivity index is 1.52. The number of hydrogen-bond donors (Lipinski definition) is 3. The van der Waals surface area contributed by atoms with Crippen molar-refractivity contribution in [2.75, 3.05) is 11.9 Å². The minimum atomic E-state index is -0.794. The van der Waals surface area contributed by atoms with Crippen LogP contribution in [-0.2, 0) is 20.9 Å². The minimum absolute atomic E-state index is 0.0674. The molecule has 10 heteroatoms. The molecule has 1 aromatic heterocycles. The first-order chi connectivity index (χ1) is 20.5. The van der Waals surface area contributed by atoms with Gasteiger partial charge in [-0.15, -0.1) is 11.3 Å². The van der Waals surface area contributed by atoms with E-state index in [9.17, 15) is 19.5 Å². The number of halogens is 1. The number of likely N-dealkylation sites (tertiary alicyclic amines) is 1. The van der Waals surface area contributed by atoms with Crippen molar-refractivity contribution in [2.24, 2.45) is 5.41 Å². The molecule has 2 aromatic rings. The van der Waals surface area contributed by atoms with Crippen molar-refractivity contribution < 1.29 is 19.5 Å². The topological polar surface area (TPSA) is 112 Å². The minimum Gasteiger partial charge on any atom is -0.391 e. The molecular weight excluding hydrogens is 628 g/mol. The summed E-state index contributed by atoms with van der Waals surface area (Å²) < 4.78 is 0. The number of aromatic nitrogens is 1. The molecule has 0 aliphatic carbocycles. The first-order valence-corrected chi connectivity index (χ1v) is 17.6. The van der Waals surface area contributed by atoms with Crippen molar-refractivity contribution in [3.8, 4) is 10.4 Å². The Morgan fingerprint density at radius 1 is 1.05 bits per heavy atom. The lowest BCUT2D eigenvalue weighted by Gasteiger charge is -2.35. The highest BCUT2D eigenvalue weighted by Crippen LogP contribution is 2.28. The van der Waals surface area contributed by atoms with Crippen LogP contribution in [0.15, 0.2) is 29.8 Å². The van der Waals surface area contributed by atoms with Gasteiger partial charge >= 0.3 is 0 Å². The number of alkyl halides is 1. The summed E-state index contributed by atoms with van der Waals surface area (Å²) in [4.78, 5) is 46.8. The highest BCUT2D eigenvalue weighted by atomic mass is 79.9. The monoisotopic (exact) mass is 676 g/mol. The molecule has 3 atom stereocenters. The molecule has 1 saturated heterocycles. The molecule has 1 aromatic carbocycles. The average Bonchev–Trinajstić information content (AvgIpc) is 3.58. The number of carbonyl (C=O) groups excluding carboxylic acids is 3. The van der Waals surface area contributed by atoms with Crippen LogP contribution in [0, 0.1) is 12.3 Å². The van der Waals surface area contributed by atoms with Gasteiger partial charge in [0.25, 0.3) is 0 Å². The Labute approximate surface area is 269 Å². The Hall–Kier alpha value is -2.30. The van der Waals surface area contributed by atoms with Gasteiger partial charge in [0.15, 0.2) is 0 Å². The van der Waals surface area contributed by atoms with Crippen LogP contribution in [0.4, 0.5) is 0 Å². The molecule has 0 bridgehead atoms.